The van der Waals surface area contributed by atoms with E-state index >= 15 is 0 Å². The lowest BCUT2D eigenvalue weighted by molar-refractivity contribution is -0.123. The standard InChI is InChI=1S/C21H28N2O4/c1-21(2,3)20(25)22-15-13-14-9-8-10-16(26-4)18-17(14)23(19(15)24)11-6-5-7-12-27-18/h8-10,13,16H,5-7,11-12H2,1-4H3,(H,22,25). The van der Waals surface area contributed by atoms with Gasteiger partial charge in [-0.2, -0.15) is 0 Å². The normalized spacial score (nSPS) is 19.6. The topological polar surface area (TPSA) is 69.6 Å². The van der Waals surface area contributed by atoms with Gasteiger partial charge in [0.2, 0.25) is 5.91 Å². The van der Waals surface area contributed by atoms with Crippen molar-refractivity contribution in [1.82, 2.24) is 4.57 Å². The molecule has 0 aromatic carbocycles. The van der Waals surface area contributed by atoms with Crippen LogP contribution in [0.25, 0.3) is 11.8 Å². The molecule has 1 aliphatic carbocycles. The Morgan fingerprint density at radius 2 is 2.07 bits per heavy atom. The van der Waals surface area contributed by atoms with Crippen LogP contribution in [-0.2, 0) is 20.8 Å². The number of ether oxygens (including phenoxy) is 2. The second kappa shape index (κ2) is 7.72. The molecule has 1 N–H and O–H groups in total. The summed E-state index contributed by atoms with van der Waals surface area (Å²) in [6, 6.07) is 1.74. The van der Waals surface area contributed by atoms with Gasteiger partial charge in [-0.25, -0.2) is 0 Å². The highest BCUT2D eigenvalue weighted by Crippen LogP contribution is 2.16. The fourth-order valence-electron chi connectivity index (χ4n) is 3.25. The lowest BCUT2D eigenvalue weighted by atomic mass is 9.95. The van der Waals surface area contributed by atoms with E-state index < -0.39 is 5.41 Å². The predicted octanol–water partition coefficient (Wildman–Crippen LogP) is 1.51. The third kappa shape index (κ3) is 4.00. The van der Waals surface area contributed by atoms with Crippen molar-refractivity contribution >= 4 is 23.4 Å². The summed E-state index contributed by atoms with van der Waals surface area (Å²) in [5, 5.41) is 4.40. The fourth-order valence-corrected chi connectivity index (χ4v) is 3.25. The lowest BCUT2D eigenvalue weighted by Gasteiger charge is -2.20. The molecule has 0 saturated heterocycles. The summed E-state index contributed by atoms with van der Waals surface area (Å²) in [5.41, 5.74) is -0.495. The highest BCUT2D eigenvalue weighted by Gasteiger charge is 2.24. The quantitative estimate of drug-likeness (QED) is 0.854. The Morgan fingerprint density at radius 1 is 1.30 bits per heavy atom. The Bertz CT molecular complexity index is 935. The van der Waals surface area contributed by atoms with Crippen LogP contribution in [0.15, 0.2) is 23.0 Å². The van der Waals surface area contributed by atoms with Gasteiger partial charge in [-0.1, -0.05) is 32.9 Å². The molecule has 3 rings (SSSR count). The van der Waals surface area contributed by atoms with Crippen molar-refractivity contribution in [3.05, 3.63) is 39.1 Å². The first-order chi connectivity index (χ1) is 12.8. The minimum atomic E-state index is -0.585. The molecule has 1 atom stereocenters. The average molecular weight is 372 g/mol. The first kappa shape index (κ1) is 19.4. The van der Waals surface area contributed by atoms with E-state index in [1.807, 2.05) is 39.0 Å². The minimum Gasteiger partial charge on any atom is -0.493 e. The number of carbonyl (C=O) groups is 1. The van der Waals surface area contributed by atoms with Gasteiger partial charge in [0.25, 0.3) is 5.56 Å². The van der Waals surface area contributed by atoms with Crippen LogP contribution in [0.2, 0.25) is 0 Å². The number of carbonyl (C=O) groups excluding carboxylic acids is 1. The van der Waals surface area contributed by atoms with Gasteiger partial charge in [0.15, 0.2) is 5.76 Å². The molecule has 6 heteroatoms. The summed E-state index contributed by atoms with van der Waals surface area (Å²) >= 11 is 0. The lowest BCUT2D eigenvalue weighted by Crippen LogP contribution is -2.47. The Kier molecular flexibility index (Phi) is 5.56. The summed E-state index contributed by atoms with van der Waals surface area (Å²) in [6.45, 7) is 6.65. The third-order valence-electron chi connectivity index (χ3n) is 4.84. The molecule has 2 aliphatic rings. The smallest absolute Gasteiger partial charge is 0.274 e. The number of hydrogen-bond donors (Lipinski definition) is 1. The Balaban J connectivity index is 2.27. The number of allylic oxidation sites excluding steroid dienone is 1. The number of hydrogen-bond acceptors (Lipinski definition) is 4. The largest absolute Gasteiger partial charge is 0.493 e. The van der Waals surface area contributed by atoms with Gasteiger partial charge in [-0.15, -0.1) is 0 Å². The van der Waals surface area contributed by atoms with Crippen molar-refractivity contribution in [3.63, 3.8) is 0 Å². The number of pyridine rings is 1. The fraction of sp³-hybridized carbons (Fsp3) is 0.524. The van der Waals surface area contributed by atoms with E-state index in [4.69, 9.17) is 9.47 Å². The van der Waals surface area contributed by atoms with Crippen molar-refractivity contribution in [2.45, 2.75) is 52.7 Å². The predicted molar refractivity (Wildman–Crippen MR) is 106 cm³/mol. The highest BCUT2D eigenvalue weighted by molar-refractivity contribution is 5.94. The number of nitrogens with zero attached hydrogens (tertiary/aromatic N) is 1. The summed E-state index contributed by atoms with van der Waals surface area (Å²) in [6.07, 6.45) is 8.18. The molecular formula is C21H28N2O4. The molecule has 1 unspecified atom stereocenters. The summed E-state index contributed by atoms with van der Waals surface area (Å²) in [4.78, 5) is 25.6. The molecule has 0 radical (unpaired) electrons. The average Bonchev–Trinajstić information content (AvgIpc) is 2.70. The maximum atomic E-state index is 13.2. The maximum Gasteiger partial charge on any atom is 0.274 e. The second-order valence-electron chi connectivity index (χ2n) is 8.00. The van der Waals surface area contributed by atoms with Crippen LogP contribution in [0.3, 0.4) is 0 Å². The van der Waals surface area contributed by atoms with Crippen LogP contribution < -0.4 is 21.4 Å². The zero-order valence-corrected chi connectivity index (χ0v) is 16.5. The van der Waals surface area contributed by atoms with E-state index in [2.05, 4.69) is 5.32 Å². The van der Waals surface area contributed by atoms with Crippen LogP contribution in [0.4, 0.5) is 5.69 Å². The molecule has 1 aromatic rings. The van der Waals surface area contributed by atoms with Gasteiger partial charge >= 0.3 is 0 Å². The van der Waals surface area contributed by atoms with E-state index in [-0.39, 0.29) is 17.6 Å². The van der Waals surface area contributed by atoms with Gasteiger partial charge in [0.05, 0.1) is 12.0 Å². The molecule has 27 heavy (non-hydrogen) atoms. The Labute approximate surface area is 159 Å². The van der Waals surface area contributed by atoms with Gasteiger partial charge < -0.3 is 19.4 Å². The molecule has 6 nitrogen and oxygen atoms in total. The van der Waals surface area contributed by atoms with Crippen LogP contribution in [0.1, 0.15) is 40.0 Å². The van der Waals surface area contributed by atoms with Crippen molar-refractivity contribution < 1.29 is 14.3 Å². The van der Waals surface area contributed by atoms with Gasteiger partial charge in [0.1, 0.15) is 11.8 Å². The number of nitrogens with one attached hydrogen (secondary N) is 1. The molecule has 0 fully saturated rings. The van der Waals surface area contributed by atoms with Gasteiger partial charge in [-0.05, 0) is 31.4 Å². The molecule has 0 saturated carbocycles. The SMILES string of the molecule is COC1C=CC=c2cc(NC(=O)C(C)(C)C)c(=O)n3c2=C1OCCCCC3. The van der Waals surface area contributed by atoms with Crippen molar-refractivity contribution in [2.24, 2.45) is 5.41 Å². The van der Waals surface area contributed by atoms with Gasteiger partial charge in [-0.3, -0.25) is 9.59 Å². The molecule has 2 heterocycles. The van der Waals surface area contributed by atoms with Crippen LogP contribution in [0.5, 0.6) is 0 Å². The molecule has 1 aliphatic heterocycles. The number of aromatic nitrogens is 1. The molecule has 1 amide bonds. The number of anilines is 1. The molecular weight excluding hydrogens is 344 g/mol. The van der Waals surface area contributed by atoms with Crippen molar-refractivity contribution in [1.29, 1.82) is 0 Å². The number of amides is 1. The molecule has 1 aromatic heterocycles. The van der Waals surface area contributed by atoms with E-state index in [1.165, 1.54) is 0 Å². The highest BCUT2D eigenvalue weighted by atomic mass is 16.5. The minimum absolute atomic E-state index is 0.185. The maximum absolute atomic E-state index is 13.2. The summed E-state index contributed by atoms with van der Waals surface area (Å²) in [5.74, 6) is 0.472. The zero-order chi connectivity index (χ0) is 19.6. The summed E-state index contributed by atoms with van der Waals surface area (Å²) in [7, 11) is 1.63. The van der Waals surface area contributed by atoms with Crippen LogP contribution >= 0.6 is 0 Å². The Hall–Kier alpha value is -2.34. The molecule has 146 valence electrons. The van der Waals surface area contributed by atoms with E-state index in [1.54, 1.807) is 17.7 Å². The summed E-state index contributed by atoms with van der Waals surface area (Å²) < 4.78 is 13.4. The van der Waals surface area contributed by atoms with Crippen LogP contribution in [0, 0.1) is 5.41 Å². The Morgan fingerprint density at radius 3 is 2.78 bits per heavy atom. The van der Waals surface area contributed by atoms with E-state index in [0.717, 1.165) is 29.8 Å². The molecule has 0 bridgehead atoms. The number of methoxy groups -OCH3 is 1. The third-order valence-corrected chi connectivity index (χ3v) is 4.84. The van der Waals surface area contributed by atoms with E-state index in [0.29, 0.717) is 24.6 Å². The zero-order valence-electron chi connectivity index (χ0n) is 16.5. The first-order valence-electron chi connectivity index (χ1n) is 9.46. The van der Waals surface area contributed by atoms with Crippen molar-refractivity contribution in [3.8, 4) is 0 Å². The van der Waals surface area contributed by atoms with Crippen LogP contribution in [-0.4, -0.2) is 30.3 Å². The monoisotopic (exact) mass is 372 g/mol. The number of rotatable bonds is 2. The molecule has 0 spiro atoms. The van der Waals surface area contributed by atoms with Gasteiger partial charge in [0, 0.05) is 24.3 Å². The second-order valence-corrected chi connectivity index (χ2v) is 8.00. The van der Waals surface area contributed by atoms with Crippen molar-refractivity contribution in [2.75, 3.05) is 19.0 Å². The first-order valence-corrected chi connectivity index (χ1v) is 9.46. The van der Waals surface area contributed by atoms with E-state index in [9.17, 15) is 9.59 Å².